The maximum Gasteiger partial charge on any atom is 0.229 e. The van der Waals surface area contributed by atoms with E-state index in [2.05, 4.69) is 43.4 Å². The first-order valence-corrected chi connectivity index (χ1v) is 13.0. The van der Waals surface area contributed by atoms with Crippen molar-refractivity contribution in [3.05, 3.63) is 23.1 Å². The molecule has 5 heterocycles. The number of aryl methyl sites for hydroxylation is 1. The first kappa shape index (κ1) is 24.3. The summed E-state index contributed by atoms with van der Waals surface area (Å²) in [5, 5.41) is 11.9. The Morgan fingerprint density at radius 2 is 2.00 bits per heavy atom. The molecule has 3 aliphatic heterocycles. The van der Waals surface area contributed by atoms with Gasteiger partial charge in [-0.15, -0.1) is 0 Å². The van der Waals surface area contributed by atoms with E-state index in [0.717, 1.165) is 30.6 Å². The highest BCUT2D eigenvalue weighted by Crippen LogP contribution is 2.40. The number of rotatable bonds is 8. The number of hydrogen-bond donors (Lipinski definition) is 2. The van der Waals surface area contributed by atoms with E-state index in [1.807, 2.05) is 11.8 Å². The van der Waals surface area contributed by atoms with Gasteiger partial charge in [-0.25, -0.2) is 4.98 Å². The van der Waals surface area contributed by atoms with Gasteiger partial charge in [0.05, 0.1) is 43.3 Å². The summed E-state index contributed by atoms with van der Waals surface area (Å²) in [7, 11) is 2.26. The highest BCUT2D eigenvalue weighted by Gasteiger charge is 2.39. The molecular formula is C24H35ClN8O2. The van der Waals surface area contributed by atoms with E-state index in [0.29, 0.717) is 74.2 Å². The molecule has 35 heavy (non-hydrogen) atoms. The quantitative estimate of drug-likeness (QED) is 0.531. The normalized spacial score (nSPS) is 25.1. The number of amides is 1. The summed E-state index contributed by atoms with van der Waals surface area (Å²) in [6, 6.07) is 1.77. The van der Waals surface area contributed by atoms with E-state index in [4.69, 9.17) is 21.4 Å². The standard InChI is InChI=1S/C24H35ClN8O2/c1-16-21(15-33(30-16)19-12-17-4-5-18(13-19)31(17)2)28-24-27-14-20(25)23(29-24)26-7-3-8-32-9-11-35-10-6-22(32)34/h14-15,17-19H,3-13H2,1-2H3,(H2,26,27,28,29). The van der Waals surface area contributed by atoms with Crippen molar-refractivity contribution in [1.82, 2.24) is 29.5 Å². The third-order valence-corrected chi connectivity index (χ3v) is 7.85. The Hall–Kier alpha value is -2.43. The van der Waals surface area contributed by atoms with Crippen molar-refractivity contribution in [2.24, 2.45) is 0 Å². The van der Waals surface area contributed by atoms with Crippen LogP contribution in [0.4, 0.5) is 17.5 Å². The van der Waals surface area contributed by atoms with Gasteiger partial charge in [0.25, 0.3) is 0 Å². The number of nitrogens with zero attached hydrogens (tertiary/aromatic N) is 6. The average molecular weight is 503 g/mol. The minimum atomic E-state index is 0.151. The molecule has 0 aromatic carbocycles. The van der Waals surface area contributed by atoms with Crippen molar-refractivity contribution in [2.45, 2.75) is 63.6 Å². The molecule has 2 aromatic rings. The Balaban J connectivity index is 1.17. The van der Waals surface area contributed by atoms with Crippen LogP contribution in [-0.4, -0.2) is 87.4 Å². The number of aromatic nitrogens is 4. The molecule has 1 amide bonds. The third kappa shape index (κ3) is 5.54. The summed E-state index contributed by atoms with van der Waals surface area (Å²) in [5.74, 6) is 1.20. The second-order valence-corrected chi connectivity index (χ2v) is 10.2. The number of ether oxygens (including phenoxy) is 1. The molecule has 3 saturated heterocycles. The smallest absolute Gasteiger partial charge is 0.229 e. The van der Waals surface area contributed by atoms with Crippen molar-refractivity contribution in [2.75, 3.05) is 50.5 Å². The molecule has 2 bridgehead atoms. The minimum absolute atomic E-state index is 0.151. The summed E-state index contributed by atoms with van der Waals surface area (Å²) in [6.45, 7) is 5.09. The molecule has 2 N–H and O–H groups in total. The summed E-state index contributed by atoms with van der Waals surface area (Å²) in [5.41, 5.74) is 1.84. The van der Waals surface area contributed by atoms with Gasteiger partial charge in [-0.2, -0.15) is 10.1 Å². The topological polar surface area (TPSA) is 100 Å². The Bertz CT molecular complexity index is 1030. The lowest BCUT2D eigenvalue weighted by atomic mass is 9.98. The zero-order valence-electron chi connectivity index (χ0n) is 20.5. The summed E-state index contributed by atoms with van der Waals surface area (Å²) >= 11 is 6.34. The maximum atomic E-state index is 12.1. The highest BCUT2D eigenvalue weighted by atomic mass is 35.5. The lowest BCUT2D eigenvalue weighted by Crippen LogP contribution is -2.40. The number of nitrogens with one attached hydrogen (secondary N) is 2. The fourth-order valence-corrected chi connectivity index (χ4v) is 5.65. The molecule has 5 rings (SSSR count). The Kier molecular flexibility index (Phi) is 7.40. The molecule has 3 aliphatic rings. The van der Waals surface area contributed by atoms with E-state index in [1.54, 1.807) is 6.20 Å². The fourth-order valence-electron chi connectivity index (χ4n) is 5.49. The number of carbonyl (C=O) groups excluding carboxylic acids is 1. The van der Waals surface area contributed by atoms with Gasteiger partial charge >= 0.3 is 0 Å². The lowest BCUT2D eigenvalue weighted by Gasteiger charge is -2.36. The van der Waals surface area contributed by atoms with Gasteiger partial charge < -0.3 is 25.2 Å². The summed E-state index contributed by atoms with van der Waals surface area (Å²) in [6.07, 6.45) is 9.81. The van der Waals surface area contributed by atoms with Crippen LogP contribution in [0.2, 0.25) is 5.02 Å². The molecule has 2 atom stereocenters. The molecule has 2 aromatic heterocycles. The van der Waals surface area contributed by atoms with Crippen LogP contribution in [0.1, 0.15) is 50.3 Å². The second kappa shape index (κ2) is 10.7. The van der Waals surface area contributed by atoms with Gasteiger partial charge in [-0.3, -0.25) is 9.48 Å². The predicted molar refractivity (Wildman–Crippen MR) is 135 cm³/mol. The number of piperidine rings is 1. The Morgan fingerprint density at radius 3 is 2.80 bits per heavy atom. The van der Waals surface area contributed by atoms with Gasteiger partial charge in [0, 0.05) is 37.9 Å². The third-order valence-electron chi connectivity index (χ3n) is 7.57. The summed E-state index contributed by atoms with van der Waals surface area (Å²) in [4.78, 5) is 25.4. The molecule has 3 fully saturated rings. The van der Waals surface area contributed by atoms with Crippen molar-refractivity contribution >= 4 is 35.0 Å². The van der Waals surface area contributed by atoms with Crippen LogP contribution in [0.15, 0.2) is 12.4 Å². The van der Waals surface area contributed by atoms with Crippen LogP contribution in [0.3, 0.4) is 0 Å². The van der Waals surface area contributed by atoms with Crippen LogP contribution in [-0.2, 0) is 9.53 Å². The van der Waals surface area contributed by atoms with Gasteiger partial charge in [0.15, 0.2) is 0 Å². The lowest BCUT2D eigenvalue weighted by molar-refractivity contribution is -0.130. The molecule has 0 saturated carbocycles. The van der Waals surface area contributed by atoms with Gasteiger partial charge in [0.1, 0.15) is 10.8 Å². The number of hydrogen-bond acceptors (Lipinski definition) is 8. The molecule has 190 valence electrons. The van der Waals surface area contributed by atoms with Crippen LogP contribution >= 0.6 is 11.6 Å². The van der Waals surface area contributed by atoms with Crippen LogP contribution in [0.25, 0.3) is 0 Å². The van der Waals surface area contributed by atoms with E-state index < -0.39 is 0 Å². The SMILES string of the molecule is Cc1nn(C2CC3CCC(C2)N3C)cc1Nc1ncc(Cl)c(NCCCN2CCOCCC2=O)n1. The number of halogens is 1. The largest absolute Gasteiger partial charge is 0.379 e. The number of anilines is 3. The Morgan fingerprint density at radius 1 is 1.20 bits per heavy atom. The Labute approximate surface area is 211 Å². The van der Waals surface area contributed by atoms with Gasteiger partial charge in [0.2, 0.25) is 11.9 Å². The molecule has 2 unspecified atom stereocenters. The van der Waals surface area contributed by atoms with E-state index in [1.165, 1.54) is 12.8 Å². The average Bonchev–Trinajstić information content (AvgIpc) is 3.18. The molecule has 0 spiro atoms. The fraction of sp³-hybridized carbons (Fsp3) is 0.667. The maximum absolute atomic E-state index is 12.1. The molecule has 0 radical (unpaired) electrons. The molecule has 0 aliphatic carbocycles. The van der Waals surface area contributed by atoms with Crippen molar-refractivity contribution < 1.29 is 9.53 Å². The predicted octanol–water partition coefficient (Wildman–Crippen LogP) is 3.23. The van der Waals surface area contributed by atoms with E-state index >= 15 is 0 Å². The monoisotopic (exact) mass is 502 g/mol. The van der Waals surface area contributed by atoms with Crippen molar-refractivity contribution in [3.63, 3.8) is 0 Å². The molecule has 11 heteroatoms. The number of carbonyl (C=O) groups is 1. The molecule has 10 nitrogen and oxygen atoms in total. The minimum Gasteiger partial charge on any atom is -0.379 e. The summed E-state index contributed by atoms with van der Waals surface area (Å²) < 4.78 is 7.51. The second-order valence-electron chi connectivity index (χ2n) is 9.82. The van der Waals surface area contributed by atoms with Crippen LogP contribution in [0.5, 0.6) is 0 Å². The van der Waals surface area contributed by atoms with E-state index in [-0.39, 0.29) is 5.91 Å². The van der Waals surface area contributed by atoms with Gasteiger partial charge in [-0.1, -0.05) is 11.6 Å². The first-order valence-electron chi connectivity index (χ1n) is 12.6. The zero-order chi connectivity index (χ0) is 24.4. The van der Waals surface area contributed by atoms with Crippen LogP contribution < -0.4 is 10.6 Å². The van der Waals surface area contributed by atoms with Crippen LogP contribution in [0, 0.1) is 6.92 Å². The van der Waals surface area contributed by atoms with Crippen molar-refractivity contribution in [1.29, 1.82) is 0 Å². The number of fused-ring (bicyclic) bond motifs is 2. The first-order chi connectivity index (χ1) is 17.0. The van der Waals surface area contributed by atoms with Crippen molar-refractivity contribution in [3.8, 4) is 0 Å². The van der Waals surface area contributed by atoms with Gasteiger partial charge in [-0.05, 0) is 46.1 Å². The molecular weight excluding hydrogens is 468 g/mol. The zero-order valence-corrected chi connectivity index (χ0v) is 21.3. The highest BCUT2D eigenvalue weighted by molar-refractivity contribution is 6.32. The van der Waals surface area contributed by atoms with E-state index in [9.17, 15) is 4.79 Å².